The molecule has 10 heteroatoms. The van der Waals surface area contributed by atoms with Gasteiger partial charge in [0.1, 0.15) is 5.75 Å². The minimum absolute atomic E-state index is 0.0300. The summed E-state index contributed by atoms with van der Waals surface area (Å²) in [6, 6.07) is 11.9. The Morgan fingerprint density at radius 1 is 0.970 bits per heavy atom. The van der Waals surface area contributed by atoms with Crippen molar-refractivity contribution in [2.24, 2.45) is 0 Å². The zero-order chi connectivity index (χ0) is 24.4. The maximum Gasteiger partial charge on any atom is 0.308 e. The Kier molecular flexibility index (Phi) is 9.83. The number of ether oxygens (including phenoxy) is 3. The molecule has 9 nitrogen and oxygen atoms in total. The van der Waals surface area contributed by atoms with E-state index in [1.807, 2.05) is 0 Å². The second-order valence-corrected chi connectivity index (χ2v) is 9.22. The van der Waals surface area contributed by atoms with Crippen LogP contribution in [0.3, 0.4) is 0 Å². The lowest BCUT2D eigenvalue weighted by molar-refractivity contribution is -0.147. The van der Waals surface area contributed by atoms with Crippen molar-refractivity contribution < 1.29 is 32.2 Å². The third-order valence-electron chi connectivity index (χ3n) is 4.59. The zero-order valence-corrected chi connectivity index (χ0v) is 20.0. The summed E-state index contributed by atoms with van der Waals surface area (Å²) >= 11 is 0. The van der Waals surface area contributed by atoms with Crippen LogP contribution in [0.15, 0.2) is 53.4 Å². The van der Waals surface area contributed by atoms with Crippen molar-refractivity contribution in [2.45, 2.75) is 37.3 Å². The summed E-state index contributed by atoms with van der Waals surface area (Å²) in [5, 5.41) is 2.83. The Morgan fingerprint density at radius 3 is 2.15 bits per heavy atom. The van der Waals surface area contributed by atoms with Crippen molar-refractivity contribution in [1.82, 2.24) is 10.0 Å². The molecule has 0 saturated carbocycles. The summed E-state index contributed by atoms with van der Waals surface area (Å²) in [6.45, 7) is 3.88. The maximum absolute atomic E-state index is 12.9. The van der Waals surface area contributed by atoms with Crippen LogP contribution in [0.25, 0.3) is 0 Å². The number of rotatable bonds is 12. The van der Waals surface area contributed by atoms with Gasteiger partial charge < -0.3 is 19.5 Å². The minimum Gasteiger partial charge on any atom is -0.497 e. The van der Waals surface area contributed by atoms with Crippen LogP contribution in [-0.2, 0) is 24.3 Å². The molecule has 2 aromatic rings. The molecule has 1 atom stereocenters. The molecule has 0 heterocycles. The fourth-order valence-electron chi connectivity index (χ4n) is 2.95. The Bertz CT molecular complexity index is 1020. The summed E-state index contributed by atoms with van der Waals surface area (Å²) < 4.78 is 42.2. The van der Waals surface area contributed by atoms with Crippen LogP contribution in [0.2, 0.25) is 0 Å². The number of methoxy groups -OCH3 is 2. The number of amides is 1. The predicted molar refractivity (Wildman–Crippen MR) is 123 cm³/mol. The quantitative estimate of drug-likeness (QED) is 0.355. The Hall–Kier alpha value is -2.95. The number of esters is 1. The number of hydrogen-bond acceptors (Lipinski definition) is 7. The van der Waals surface area contributed by atoms with Gasteiger partial charge in [0.15, 0.2) is 0 Å². The van der Waals surface area contributed by atoms with Gasteiger partial charge in [-0.25, -0.2) is 13.1 Å². The van der Waals surface area contributed by atoms with Crippen LogP contribution >= 0.6 is 0 Å². The Labute approximate surface area is 194 Å². The molecule has 0 fully saturated rings. The normalized spacial score (nSPS) is 12.3. The van der Waals surface area contributed by atoms with E-state index in [0.29, 0.717) is 11.3 Å². The van der Waals surface area contributed by atoms with E-state index < -0.39 is 27.9 Å². The van der Waals surface area contributed by atoms with Crippen LogP contribution in [0.5, 0.6) is 5.75 Å². The highest BCUT2D eigenvalue weighted by molar-refractivity contribution is 7.89. The molecule has 0 bridgehead atoms. The number of nitrogens with one attached hydrogen (secondary N) is 2. The number of sulfonamides is 1. The molecule has 0 saturated heterocycles. The molecule has 180 valence electrons. The zero-order valence-electron chi connectivity index (χ0n) is 19.2. The van der Waals surface area contributed by atoms with Crippen molar-refractivity contribution in [3.8, 4) is 5.75 Å². The first-order valence-corrected chi connectivity index (χ1v) is 11.9. The summed E-state index contributed by atoms with van der Waals surface area (Å²) in [5.74, 6) is -0.261. The van der Waals surface area contributed by atoms with E-state index in [4.69, 9.17) is 14.2 Å². The fourth-order valence-corrected chi connectivity index (χ4v) is 3.97. The highest BCUT2D eigenvalue weighted by Gasteiger charge is 2.22. The molecule has 33 heavy (non-hydrogen) atoms. The lowest BCUT2D eigenvalue weighted by Crippen LogP contribution is -2.31. The van der Waals surface area contributed by atoms with Crippen molar-refractivity contribution in [1.29, 1.82) is 0 Å². The van der Waals surface area contributed by atoms with Crippen LogP contribution in [0.4, 0.5) is 0 Å². The van der Waals surface area contributed by atoms with E-state index in [2.05, 4.69) is 10.0 Å². The van der Waals surface area contributed by atoms with Crippen LogP contribution in [-0.4, -0.2) is 53.8 Å². The lowest BCUT2D eigenvalue weighted by Gasteiger charge is -2.20. The van der Waals surface area contributed by atoms with Gasteiger partial charge in [0.25, 0.3) is 5.91 Å². The van der Waals surface area contributed by atoms with Gasteiger partial charge in [0.2, 0.25) is 10.0 Å². The van der Waals surface area contributed by atoms with Gasteiger partial charge in [-0.05, 0) is 55.8 Å². The monoisotopic (exact) mass is 478 g/mol. The van der Waals surface area contributed by atoms with Crippen molar-refractivity contribution >= 4 is 21.9 Å². The van der Waals surface area contributed by atoms with Gasteiger partial charge >= 0.3 is 5.97 Å². The first kappa shape index (κ1) is 26.3. The largest absolute Gasteiger partial charge is 0.497 e. The number of benzene rings is 2. The lowest BCUT2D eigenvalue weighted by atomic mass is 10.0. The molecule has 0 aliphatic heterocycles. The van der Waals surface area contributed by atoms with Gasteiger partial charge in [0.05, 0.1) is 37.2 Å². The van der Waals surface area contributed by atoms with Crippen LogP contribution in [0.1, 0.15) is 42.2 Å². The van der Waals surface area contributed by atoms with Crippen molar-refractivity contribution in [2.75, 3.05) is 27.4 Å². The van der Waals surface area contributed by atoms with Crippen LogP contribution in [0, 0.1) is 0 Å². The average molecular weight is 479 g/mol. The van der Waals surface area contributed by atoms with E-state index in [-0.39, 0.29) is 36.1 Å². The molecule has 2 rings (SSSR count). The van der Waals surface area contributed by atoms with Gasteiger partial charge in [-0.2, -0.15) is 0 Å². The summed E-state index contributed by atoms with van der Waals surface area (Å²) in [5.41, 5.74) is 0.952. The number of hydrogen-bond donors (Lipinski definition) is 2. The van der Waals surface area contributed by atoms with Crippen molar-refractivity contribution in [3.05, 3.63) is 59.7 Å². The molecule has 0 spiro atoms. The minimum atomic E-state index is -3.71. The maximum atomic E-state index is 12.9. The van der Waals surface area contributed by atoms with Gasteiger partial charge in [0, 0.05) is 19.2 Å². The van der Waals surface area contributed by atoms with E-state index in [1.165, 1.54) is 31.4 Å². The Balaban J connectivity index is 2.17. The van der Waals surface area contributed by atoms with Gasteiger partial charge in [-0.3, -0.25) is 9.59 Å². The third kappa shape index (κ3) is 8.16. The molecular formula is C23H30N2O7S. The molecular weight excluding hydrogens is 448 g/mol. The number of carbonyl (C=O) groups is 2. The third-order valence-corrected chi connectivity index (χ3v) is 6.06. The highest BCUT2D eigenvalue weighted by Crippen LogP contribution is 2.22. The molecule has 1 amide bonds. The molecule has 2 aromatic carbocycles. The molecule has 0 aromatic heterocycles. The first-order chi connectivity index (χ1) is 15.7. The van der Waals surface area contributed by atoms with Gasteiger partial charge in [-0.15, -0.1) is 0 Å². The van der Waals surface area contributed by atoms with Crippen LogP contribution < -0.4 is 14.8 Å². The summed E-state index contributed by atoms with van der Waals surface area (Å²) in [6.07, 6.45) is -0.344. The van der Waals surface area contributed by atoms with Crippen molar-refractivity contribution in [3.63, 3.8) is 0 Å². The second-order valence-electron chi connectivity index (χ2n) is 7.46. The Morgan fingerprint density at radius 2 is 1.61 bits per heavy atom. The molecule has 1 unspecified atom stereocenters. The van der Waals surface area contributed by atoms with E-state index in [0.717, 1.165) is 0 Å². The molecule has 0 aliphatic rings. The topological polar surface area (TPSA) is 120 Å². The fraction of sp³-hybridized carbons (Fsp3) is 0.391. The first-order valence-electron chi connectivity index (χ1n) is 10.4. The van der Waals surface area contributed by atoms with E-state index >= 15 is 0 Å². The standard InChI is InChI=1S/C23H30N2O7S/c1-16(2)32-22(26)15-21(17-5-9-19(31-4)10-6-17)25-23(27)18-7-11-20(12-8-18)33(28,29)24-13-14-30-3/h5-12,16,21,24H,13-15H2,1-4H3,(H,25,27). The van der Waals surface area contributed by atoms with E-state index in [1.54, 1.807) is 45.2 Å². The molecule has 0 aliphatic carbocycles. The average Bonchev–Trinajstić information content (AvgIpc) is 2.78. The smallest absolute Gasteiger partial charge is 0.308 e. The second kappa shape index (κ2) is 12.3. The predicted octanol–water partition coefficient (Wildman–Crippen LogP) is 2.43. The molecule has 0 radical (unpaired) electrons. The summed E-state index contributed by atoms with van der Waals surface area (Å²) in [7, 11) is -0.687. The van der Waals surface area contributed by atoms with Gasteiger partial charge in [-0.1, -0.05) is 12.1 Å². The SMILES string of the molecule is COCCNS(=O)(=O)c1ccc(C(=O)NC(CC(=O)OC(C)C)c2ccc(OC)cc2)cc1. The summed E-state index contributed by atoms with van der Waals surface area (Å²) in [4.78, 5) is 25.1. The highest BCUT2D eigenvalue weighted by atomic mass is 32.2. The number of carbonyl (C=O) groups excluding carboxylic acids is 2. The molecule has 2 N–H and O–H groups in total. The van der Waals surface area contributed by atoms with E-state index in [9.17, 15) is 18.0 Å².